The van der Waals surface area contributed by atoms with Gasteiger partial charge in [-0.3, -0.25) is 0 Å². The summed E-state index contributed by atoms with van der Waals surface area (Å²) in [4.78, 5) is 2.56. The van der Waals surface area contributed by atoms with Crippen LogP contribution in [0.15, 0.2) is 242 Å². The largest absolute Gasteiger partial charge is 0.456 e. The highest BCUT2D eigenvalue weighted by molar-refractivity contribution is 6.19. The van der Waals surface area contributed by atoms with Gasteiger partial charge in [0.05, 0.1) is 33.5 Å². The van der Waals surface area contributed by atoms with E-state index in [1.165, 1.54) is 44.2 Å². The molecule has 13 rings (SSSR count). The Morgan fingerprint density at radius 1 is 0.422 bits per heavy atom. The summed E-state index contributed by atoms with van der Waals surface area (Å²) in [6, 6.07) is 74.8. The van der Waals surface area contributed by atoms with Crippen LogP contribution in [0.2, 0.25) is 0 Å². The highest BCUT2D eigenvalue weighted by atomic mass is 16.3. The predicted octanol–water partition coefficient (Wildman–Crippen LogP) is 16.3. The van der Waals surface area contributed by atoms with Crippen LogP contribution in [0.1, 0.15) is 22.3 Å². The van der Waals surface area contributed by atoms with Crippen LogP contribution >= 0.6 is 0 Å². The van der Waals surface area contributed by atoms with E-state index in [2.05, 4.69) is 229 Å². The van der Waals surface area contributed by atoms with Gasteiger partial charge in [0.2, 0.25) is 0 Å². The van der Waals surface area contributed by atoms with Gasteiger partial charge in [-0.05, 0) is 99.1 Å². The number of rotatable bonds is 7. The molecule has 11 aromatic rings. The lowest BCUT2D eigenvalue weighted by Gasteiger charge is -2.37. The molecular weight excluding hydrogens is 777 g/mol. The molecule has 9 aromatic carbocycles. The standard InChI is InChI=1S/C61H40N2O/c1-3-40-41-23-8-13-30-49(41)61(48(40)4-2)50-31-14-9-24-42(50)45-29-18-36-55(60(45)61)63(51-32-15-10-25-43(51)44-28-19-38-57-58(44)47-27-12-17-37-56(47)64-57)54-35-20-34-53-59(54)46-26-11-16-33-52(46)62(53)39-21-6-5-7-22-39/h3-38H,1-2H2. The van der Waals surface area contributed by atoms with Crippen molar-refractivity contribution in [3.05, 3.63) is 259 Å². The van der Waals surface area contributed by atoms with Gasteiger partial charge >= 0.3 is 0 Å². The minimum absolute atomic E-state index is 0.676. The first kappa shape index (κ1) is 36.3. The molecule has 0 aliphatic heterocycles. The van der Waals surface area contributed by atoms with Gasteiger partial charge in [-0.1, -0.05) is 177 Å². The predicted molar refractivity (Wildman–Crippen MR) is 267 cm³/mol. The lowest BCUT2D eigenvalue weighted by molar-refractivity contribution is 0.669. The van der Waals surface area contributed by atoms with Crippen LogP contribution in [0.25, 0.3) is 77.3 Å². The zero-order valence-corrected chi connectivity index (χ0v) is 35.0. The van der Waals surface area contributed by atoms with Crippen molar-refractivity contribution in [3.63, 3.8) is 0 Å². The topological polar surface area (TPSA) is 21.3 Å². The molecule has 2 heterocycles. The summed E-state index contributed by atoms with van der Waals surface area (Å²) in [6.45, 7) is 8.97. The molecule has 0 amide bonds. The van der Waals surface area contributed by atoms with Gasteiger partial charge in [0, 0.05) is 38.4 Å². The van der Waals surface area contributed by atoms with E-state index in [9.17, 15) is 0 Å². The lowest BCUT2D eigenvalue weighted by Crippen LogP contribution is -2.29. The second kappa shape index (κ2) is 13.8. The molecule has 2 aromatic heterocycles. The number of aromatic nitrogens is 1. The Bertz CT molecular complexity index is 3790. The third-order valence-corrected chi connectivity index (χ3v) is 13.8. The Morgan fingerprint density at radius 3 is 1.83 bits per heavy atom. The third-order valence-electron chi connectivity index (χ3n) is 13.8. The van der Waals surface area contributed by atoms with Crippen molar-refractivity contribution in [3.8, 4) is 27.9 Å². The van der Waals surface area contributed by atoms with Crippen LogP contribution in [-0.4, -0.2) is 4.57 Å². The van der Waals surface area contributed by atoms with Crippen molar-refractivity contribution in [2.45, 2.75) is 5.41 Å². The van der Waals surface area contributed by atoms with Gasteiger partial charge < -0.3 is 13.9 Å². The highest BCUT2D eigenvalue weighted by Crippen LogP contribution is 2.65. The quantitative estimate of drug-likeness (QED) is 0.160. The molecule has 2 aliphatic rings. The highest BCUT2D eigenvalue weighted by Gasteiger charge is 2.53. The molecule has 0 fully saturated rings. The van der Waals surface area contributed by atoms with E-state index in [0.29, 0.717) is 0 Å². The minimum Gasteiger partial charge on any atom is -0.456 e. The van der Waals surface area contributed by atoms with E-state index in [-0.39, 0.29) is 0 Å². The first-order valence-electron chi connectivity index (χ1n) is 21.9. The normalized spacial score (nSPS) is 15.0. The number of hydrogen-bond acceptors (Lipinski definition) is 2. The summed E-state index contributed by atoms with van der Waals surface area (Å²) in [5.41, 5.74) is 19.5. The van der Waals surface area contributed by atoms with Gasteiger partial charge in [0.1, 0.15) is 11.2 Å². The molecular formula is C61H40N2O. The van der Waals surface area contributed by atoms with Crippen LogP contribution in [0.4, 0.5) is 17.1 Å². The number of allylic oxidation sites excluding steroid dienone is 4. The molecule has 0 saturated carbocycles. The Kier molecular flexibility index (Phi) is 7.82. The summed E-state index contributed by atoms with van der Waals surface area (Å²) in [5.74, 6) is 0. The molecule has 3 heteroatoms. The Morgan fingerprint density at radius 2 is 1.00 bits per heavy atom. The summed E-state index contributed by atoms with van der Waals surface area (Å²) >= 11 is 0. The maximum absolute atomic E-state index is 6.53. The summed E-state index contributed by atoms with van der Waals surface area (Å²) in [6.07, 6.45) is 4.10. The van der Waals surface area contributed by atoms with E-state index >= 15 is 0 Å². The first-order valence-corrected chi connectivity index (χ1v) is 21.9. The molecule has 64 heavy (non-hydrogen) atoms. The summed E-state index contributed by atoms with van der Waals surface area (Å²) in [5, 5.41) is 4.55. The van der Waals surface area contributed by atoms with Crippen LogP contribution in [0.5, 0.6) is 0 Å². The molecule has 0 radical (unpaired) electrons. The van der Waals surface area contributed by atoms with Crippen molar-refractivity contribution in [2.24, 2.45) is 0 Å². The zero-order chi connectivity index (χ0) is 42.5. The number of nitrogens with zero attached hydrogens (tertiary/aromatic N) is 2. The van der Waals surface area contributed by atoms with Crippen molar-refractivity contribution in [1.29, 1.82) is 0 Å². The van der Waals surface area contributed by atoms with Crippen molar-refractivity contribution in [2.75, 3.05) is 4.90 Å². The van der Waals surface area contributed by atoms with E-state index in [1.54, 1.807) is 0 Å². The van der Waals surface area contributed by atoms with E-state index in [1.807, 2.05) is 12.1 Å². The lowest BCUT2D eigenvalue weighted by atomic mass is 9.69. The fourth-order valence-corrected chi connectivity index (χ4v) is 11.4. The van der Waals surface area contributed by atoms with Gasteiger partial charge in [0.15, 0.2) is 0 Å². The molecule has 0 N–H and O–H groups in total. The van der Waals surface area contributed by atoms with Crippen LogP contribution < -0.4 is 4.90 Å². The maximum Gasteiger partial charge on any atom is 0.136 e. The van der Waals surface area contributed by atoms with E-state index in [4.69, 9.17) is 4.42 Å². The Balaban J connectivity index is 1.21. The SMILES string of the molecule is C=CC1=C(C=C)C2(c3ccccc31)c1ccccc1-c1cccc(N(c3ccccc3-c3cccc4oc5ccccc5c34)c3cccc4c3c3ccccc3n4-c3ccccc3)c12. The van der Waals surface area contributed by atoms with Gasteiger partial charge in [-0.2, -0.15) is 0 Å². The third kappa shape index (κ3) is 4.76. The van der Waals surface area contributed by atoms with Gasteiger partial charge in [-0.15, -0.1) is 0 Å². The minimum atomic E-state index is -0.676. The number of anilines is 3. The fourth-order valence-electron chi connectivity index (χ4n) is 11.4. The summed E-state index contributed by atoms with van der Waals surface area (Å²) in [7, 11) is 0. The molecule has 300 valence electrons. The maximum atomic E-state index is 6.53. The molecule has 1 spiro atoms. The first-order chi connectivity index (χ1) is 31.7. The molecule has 0 bridgehead atoms. The number of fused-ring (bicyclic) bond motifs is 13. The molecule has 1 atom stereocenters. The molecule has 1 unspecified atom stereocenters. The Labute approximate surface area is 371 Å². The van der Waals surface area contributed by atoms with E-state index in [0.717, 1.165) is 78.0 Å². The van der Waals surface area contributed by atoms with Crippen LogP contribution in [0, 0.1) is 0 Å². The number of para-hydroxylation sites is 4. The Hall–Kier alpha value is -8.40. The summed E-state index contributed by atoms with van der Waals surface area (Å²) < 4.78 is 8.94. The number of hydrogen-bond donors (Lipinski definition) is 0. The smallest absolute Gasteiger partial charge is 0.136 e. The van der Waals surface area contributed by atoms with Crippen LogP contribution in [0.3, 0.4) is 0 Å². The average Bonchev–Trinajstić information content (AvgIpc) is 4.08. The second-order valence-electron chi connectivity index (χ2n) is 16.8. The van der Waals surface area contributed by atoms with Gasteiger partial charge in [0.25, 0.3) is 0 Å². The van der Waals surface area contributed by atoms with Crippen molar-refractivity contribution < 1.29 is 4.42 Å². The van der Waals surface area contributed by atoms with Gasteiger partial charge in [-0.25, -0.2) is 0 Å². The number of benzene rings is 9. The molecule has 2 aliphatic carbocycles. The zero-order valence-electron chi connectivity index (χ0n) is 35.0. The molecule has 3 nitrogen and oxygen atoms in total. The van der Waals surface area contributed by atoms with E-state index < -0.39 is 5.41 Å². The molecule has 0 saturated heterocycles. The second-order valence-corrected chi connectivity index (χ2v) is 16.8. The average molecular weight is 817 g/mol. The van der Waals surface area contributed by atoms with Crippen molar-refractivity contribution in [1.82, 2.24) is 4.57 Å². The van der Waals surface area contributed by atoms with Crippen molar-refractivity contribution >= 4 is 66.4 Å². The monoisotopic (exact) mass is 816 g/mol. The van der Waals surface area contributed by atoms with Crippen LogP contribution in [-0.2, 0) is 5.41 Å². The fraction of sp³-hybridized carbons (Fsp3) is 0.0164. The number of furan rings is 1.